The van der Waals surface area contributed by atoms with Gasteiger partial charge in [-0.1, -0.05) is 23.7 Å². The third-order valence-corrected chi connectivity index (χ3v) is 4.32. The normalized spacial score (nSPS) is 27.3. The van der Waals surface area contributed by atoms with Gasteiger partial charge in [-0.05, 0) is 37.6 Å². The molecule has 1 aliphatic rings. The summed E-state index contributed by atoms with van der Waals surface area (Å²) in [5, 5.41) is 0.776. The highest BCUT2D eigenvalue weighted by Gasteiger charge is 2.46. The van der Waals surface area contributed by atoms with Gasteiger partial charge in [-0.2, -0.15) is 0 Å². The molecule has 0 bridgehead atoms. The van der Waals surface area contributed by atoms with Gasteiger partial charge >= 0.3 is 0 Å². The van der Waals surface area contributed by atoms with E-state index in [9.17, 15) is 0 Å². The molecule has 1 aromatic carbocycles. The van der Waals surface area contributed by atoms with Crippen LogP contribution < -0.4 is 5.73 Å². The van der Waals surface area contributed by atoms with Crippen LogP contribution in [0.15, 0.2) is 24.3 Å². The highest BCUT2D eigenvalue weighted by Crippen LogP contribution is 2.38. The number of hydrogen-bond acceptors (Lipinski definition) is 3. The van der Waals surface area contributed by atoms with E-state index in [1.807, 2.05) is 12.1 Å². The Morgan fingerprint density at radius 2 is 2.00 bits per heavy atom. The van der Waals surface area contributed by atoms with Gasteiger partial charge in [0.15, 0.2) is 0 Å². The molecule has 0 aliphatic heterocycles. The lowest BCUT2D eigenvalue weighted by molar-refractivity contribution is -0.0811. The van der Waals surface area contributed by atoms with Gasteiger partial charge in [0.25, 0.3) is 0 Å². The molecule has 18 heavy (non-hydrogen) atoms. The number of ether oxygens (including phenoxy) is 1. The number of hydrogen-bond donors (Lipinski definition) is 1. The number of benzene rings is 1. The van der Waals surface area contributed by atoms with Gasteiger partial charge in [-0.3, -0.25) is 4.90 Å². The fourth-order valence-corrected chi connectivity index (χ4v) is 2.75. The highest BCUT2D eigenvalue weighted by atomic mass is 35.5. The summed E-state index contributed by atoms with van der Waals surface area (Å²) in [4.78, 5) is 2.34. The SMILES string of the molecule is COC1CC(CN)(N(C)Cc2ccc(Cl)cc2)C1. The van der Waals surface area contributed by atoms with Crippen LogP contribution in [0.1, 0.15) is 18.4 Å². The molecule has 2 N–H and O–H groups in total. The minimum absolute atomic E-state index is 0.0975. The number of rotatable bonds is 5. The Balaban J connectivity index is 1.98. The van der Waals surface area contributed by atoms with Crippen LogP contribution in [0.25, 0.3) is 0 Å². The molecule has 0 unspecified atom stereocenters. The summed E-state index contributed by atoms with van der Waals surface area (Å²) >= 11 is 5.89. The smallest absolute Gasteiger partial charge is 0.0607 e. The summed E-state index contributed by atoms with van der Waals surface area (Å²) in [6, 6.07) is 7.99. The molecule has 0 radical (unpaired) electrons. The van der Waals surface area contributed by atoms with Crippen LogP contribution in [0, 0.1) is 0 Å². The van der Waals surface area contributed by atoms with E-state index in [-0.39, 0.29) is 5.54 Å². The van der Waals surface area contributed by atoms with Crippen molar-refractivity contribution in [1.82, 2.24) is 4.90 Å². The van der Waals surface area contributed by atoms with E-state index in [0.717, 1.165) is 24.4 Å². The van der Waals surface area contributed by atoms with E-state index < -0.39 is 0 Å². The maximum absolute atomic E-state index is 5.95. The first-order valence-corrected chi connectivity index (χ1v) is 6.66. The third-order valence-electron chi connectivity index (χ3n) is 4.07. The Morgan fingerprint density at radius 1 is 1.39 bits per heavy atom. The van der Waals surface area contributed by atoms with Gasteiger partial charge in [0.05, 0.1) is 6.10 Å². The van der Waals surface area contributed by atoms with Crippen molar-refractivity contribution in [3.63, 3.8) is 0 Å². The van der Waals surface area contributed by atoms with Gasteiger partial charge in [-0.15, -0.1) is 0 Å². The number of methoxy groups -OCH3 is 1. The lowest BCUT2D eigenvalue weighted by Crippen LogP contribution is -2.62. The summed E-state index contributed by atoms with van der Waals surface area (Å²) in [7, 11) is 3.90. The molecule has 1 aromatic rings. The van der Waals surface area contributed by atoms with E-state index in [4.69, 9.17) is 22.1 Å². The molecular weight excluding hydrogens is 248 g/mol. The second-order valence-electron chi connectivity index (χ2n) is 5.18. The molecule has 0 heterocycles. The number of halogens is 1. The molecule has 1 aliphatic carbocycles. The van der Waals surface area contributed by atoms with E-state index in [1.54, 1.807) is 7.11 Å². The largest absolute Gasteiger partial charge is 0.381 e. The van der Waals surface area contributed by atoms with E-state index in [0.29, 0.717) is 12.6 Å². The minimum Gasteiger partial charge on any atom is -0.381 e. The van der Waals surface area contributed by atoms with Gasteiger partial charge in [0, 0.05) is 30.8 Å². The summed E-state index contributed by atoms with van der Waals surface area (Å²) in [6.07, 6.45) is 2.40. The van der Waals surface area contributed by atoms with Gasteiger partial charge in [-0.25, -0.2) is 0 Å². The zero-order valence-electron chi connectivity index (χ0n) is 11.0. The van der Waals surface area contributed by atoms with Crippen molar-refractivity contribution in [3.05, 3.63) is 34.9 Å². The van der Waals surface area contributed by atoms with Crippen LogP contribution in [0.5, 0.6) is 0 Å². The van der Waals surface area contributed by atoms with Crippen LogP contribution in [-0.2, 0) is 11.3 Å². The predicted molar refractivity (Wildman–Crippen MR) is 74.7 cm³/mol. The van der Waals surface area contributed by atoms with Crippen molar-refractivity contribution in [3.8, 4) is 0 Å². The van der Waals surface area contributed by atoms with Crippen molar-refractivity contribution in [2.24, 2.45) is 5.73 Å². The highest BCUT2D eigenvalue weighted by molar-refractivity contribution is 6.30. The number of nitrogens with zero attached hydrogens (tertiary/aromatic N) is 1. The molecule has 1 saturated carbocycles. The molecule has 1 fully saturated rings. The third kappa shape index (κ3) is 2.69. The van der Waals surface area contributed by atoms with Crippen LogP contribution in [0.4, 0.5) is 0 Å². The monoisotopic (exact) mass is 268 g/mol. The predicted octanol–water partition coefficient (Wildman–Crippen LogP) is 2.28. The molecular formula is C14H21ClN2O. The Hall–Kier alpha value is -0.610. The average Bonchev–Trinajstić information content (AvgIpc) is 2.32. The molecule has 0 atom stereocenters. The second-order valence-corrected chi connectivity index (χ2v) is 5.61. The molecule has 4 heteroatoms. The van der Waals surface area contributed by atoms with Crippen LogP contribution >= 0.6 is 11.6 Å². The maximum Gasteiger partial charge on any atom is 0.0607 e. The lowest BCUT2D eigenvalue weighted by atomic mass is 9.73. The Labute approximate surface area is 114 Å². The van der Waals surface area contributed by atoms with Gasteiger partial charge in [0.2, 0.25) is 0 Å². The summed E-state index contributed by atoms with van der Waals surface area (Å²) in [6.45, 7) is 1.57. The first-order valence-electron chi connectivity index (χ1n) is 6.28. The van der Waals surface area contributed by atoms with Crippen molar-refractivity contribution in [2.45, 2.75) is 31.0 Å². The summed E-state index contributed by atoms with van der Waals surface area (Å²) in [5.74, 6) is 0. The van der Waals surface area contributed by atoms with E-state index in [2.05, 4.69) is 24.1 Å². The van der Waals surface area contributed by atoms with Crippen LogP contribution in [-0.4, -0.2) is 37.2 Å². The van der Waals surface area contributed by atoms with Crippen molar-refractivity contribution in [1.29, 1.82) is 0 Å². The number of nitrogens with two attached hydrogens (primary N) is 1. The van der Waals surface area contributed by atoms with E-state index >= 15 is 0 Å². The summed E-state index contributed by atoms with van der Waals surface area (Å²) < 4.78 is 5.36. The Morgan fingerprint density at radius 3 is 2.50 bits per heavy atom. The standard InChI is InChI=1S/C14H21ClN2O/c1-17(9-11-3-5-12(15)6-4-11)14(10-16)7-13(8-14)18-2/h3-6,13H,7-10,16H2,1-2H3. The Bertz CT molecular complexity index is 387. The van der Waals surface area contributed by atoms with Crippen molar-refractivity contribution in [2.75, 3.05) is 20.7 Å². The Kier molecular flexibility index (Phi) is 4.28. The molecule has 0 spiro atoms. The first kappa shape index (κ1) is 13.8. The van der Waals surface area contributed by atoms with Crippen molar-refractivity contribution < 1.29 is 4.74 Å². The maximum atomic E-state index is 5.95. The second kappa shape index (κ2) is 5.57. The minimum atomic E-state index is 0.0975. The fourth-order valence-electron chi connectivity index (χ4n) is 2.62. The topological polar surface area (TPSA) is 38.5 Å². The molecule has 3 nitrogen and oxygen atoms in total. The lowest BCUT2D eigenvalue weighted by Gasteiger charge is -2.52. The zero-order chi connectivity index (χ0) is 13.2. The van der Waals surface area contributed by atoms with Gasteiger partial charge in [0.1, 0.15) is 0 Å². The van der Waals surface area contributed by atoms with Crippen LogP contribution in [0.2, 0.25) is 5.02 Å². The zero-order valence-corrected chi connectivity index (χ0v) is 11.8. The molecule has 100 valence electrons. The number of likely N-dealkylation sites (N-methyl/N-ethyl adjacent to an activating group) is 1. The molecule has 2 rings (SSSR count). The van der Waals surface area contributed by atoms with E-state index in [1.165, 1.54) is 5.56 Å². The van der Waals surface area contributed by atoms with Gasteiger partial charge < -0.3 is 10.5 Å². The average molecular weight is 269 g/mol. The quantitative estimate of drug-likeness (QED) is 0.890. The molecule has 0 saturated heterocycles. The molecule has 0 aromatic heterocycles. The van der Waals surface area contributed by atoms with Crippen molar-refractivity contribution >= 4 is 11.6 Å². The first-order chi connectivity index (χ1) is 8.59. The molecule has 0 amide bonds. The fraction of sp³-hybridized carbons (Fsp3) is 0.571. The summed E-state index contributed by atoms with van der Waals surface area (Å²) in [5.41, 5.74) is 7.30. The van der Waals surface area contributed by atoms with Crippen LogP contribution in [0.3, 0.4) is 0 Å².